The van der Waals surface area contributed by atoms with Crippen LogP contribution in [0.3, 0.4) is 0 Å². The molecule has 2 saturated heterocycles. The molecule has 2 aliphatic rings. The Morgan fingerprint density at radius 1 is 0.600 bits per heavy atom. The molecule has 4 rings (SSSR count). The van der Waals surface area contributed by atoms with Crippen LogP contribution in [-0.2, 0) is 0 Å². The highest BCUT2D eigenvalue weighted by molar-refractivity contribution is 5.47. The predicted molar refractivity (Wildman–Crippen MR) is 108 cm³/mol. The first-order valence-electron chi connectivity index (χ1n) is 9.32. The van der Waals surface area contributed by atoms with Crippen molar-refractivity contribution in [3.63, 3.8) is 0 Å². The lowest BCUT2D eigenvalue weighted by atomic mass is 10.2. The molecule has 2 aliphatic heterocycles. The van der Waals surface area contributed by atoms with Crippen molar-refractivity contribution in [2.45, 2.75) is 0 Å². The largest absolute Gasteiger partial charge is 0.369 e. The molecule has 2 aromatic carbocycles. The summed E-state index contributed by atoms with van der Waals surface area (Å²) < 4.78 is 0. The summed E-state index contributed by atoms with van der Waals surface area (Å²) in [6.07, 6.45) is 0. The van der Waals surface area contributed by atoms with Crippen LogP contribution in [0, 0.1) is 0 Å². The van der Waals surface area contributed by atoms with Crippen molar-refractivity contribution in [1.29, 1.82) is 0 Å². The van der Waals surface area contributed by atoms with Crippen molar-refractivity contribution >= 4 is 11.4 Å². The van der Waals surface area contributed by atoms with Gasteiger partial charge in [-0.15, -0.1) is 0 Å². The van der Waals surface area contributed by atoms with Gasteiger partial charge in [0.05, 0.1) is 0 Å². The van der Waals surface area contributed by atoms with Crippen molar-refractivity contribution in [2.75, 3.05) is 69.2 Å². The Kier molecular flexibility index (Phi) is 6.71. The van der Waals surface area contributed by atoms with Crippen LogP contribution in [0.15, 0.2) is 60.7 Å². The summed E-state index contributed by atoms with van der Waals surface area (Å²) in [6.45, 7) is 9.13. The lowest BCUT2D eigenvalue weighted by Gasteiger charge is -2.33. The van der Waals surface area contributed by atoms with Gasteiger partial charge in [-0.05, 0) is 31.3 Å². The first-order valence-corrected chi connectivity index (χ1v) is 9.32. The van der Waals surface area contributed by atoms with Crippen LogP contribution < -0.4 is 15.1 Å². The van der Waals surface area contributed by atoms with E-state index in [-0.39, 0.29) is 0 Å². The Balaban J connectivity index is 0.000000146. The number of benzene rings is 2. The zero-order chi connectivity index (χ0) is 17.3. The van der Waals surface area contributed by atoms with Crippen LogP contribution in [0.1, 0.15) is 0 Å². The predicted octanol–water partition coefficient (Wildman–Crippen LogP) is 2.53. The summed E-state index contributed by atoms with van der Waals surface area (Å²) in [6, 6.07) is 21.2. The molecule has 0 aromatic heterocycles. The summed E-state index contributed by atoms with van der Waals surface area (Å²) in [5.74, 6) is 0. The molecule has 0 saturated carbocycles. The first-order chi connectivity index (χ1) is 12.3. The molecule has 1 N–H and O–H groups in total. The van der Waals surface area contributed by atoms with E-state index in [1.54, 1.807) is 0 Å². The van der Waals surface area contributed by atoms with Gasteiger partial charge in [0, 0.05) is 63.7 Å². The van der Waals surface area contributed by atoms with Gasteiger partial charge in [0.15, 0.2) is 0 Å². The average molecular weight is 338 g/mol. The maximum absolute atomic E-state index is 3.34. The van der Waals surface area contributed by atoms with E-state index in [1.165, 1.54) is 24.5 Å². The number of hydrogen-bond donors (Lipinski definition) is 1. The maximum Gasteiger partial charge on any atom is 0.0367 e. The Labute approximate surface area is 152 Å². The Morgan fingerprint density at radius 3 is 1.52 bits per heavy atom. The molecule has 2 fully saturated rings. The highest BCUT2D eigenvalue weighted by Gasteiger charge is 2.13. The number of nitrogens with zero attached hydrogens (tertiary/aromatic N) is 3. The molecule has 0 aliphatic carbocycles. The maximum atomic E-state index is 3.34. The third-order valence-corrected chi connectivity index (χ3v) is 4.86. The normalized spacial score (nSPS) is 18.4. The van der Waals surface area contributed by atoms with E-state index in [4.69, 9.17) is 0 Å². The van der Waals surface area contributed by atoms with Gasteiger partial charge in [-0.1, -0.05) is 36.4 Å². The first kappa shape index (κ1) is 17.8. The number of hydrogen-bond acceptors (Lipinski definition) is 4. The number of likely N-dealkylation sites (N-methyl/N-ethyl adjacent to an activating group) is 1. The van der Waals surface area contributed by atoms with E-state index in [9.17, 15) is 0 Å². The fourth-order valence-electron chi connectivity index (χ4n) is 3.27. The molecule has 0 amide bonds. The third-order valence-electron chi connectivity index (χ3n) is 4.86. The highest BCUT2D eigenvalue weighted by atomic mass is 15.2. The Morgan fingerprint density at radius 2 is 1.04 bits per heavy atom. The standard InChI is InChI=1S/C11H16N2.C10H14N2/c1-12-7-9-13(10-8-12)11-5-3-2-4-6-11;1-2-4-10(5-3-1)12-8-6-11-7-9-12/h2-6H,7-10H2,1H3;1-5,11H,6-9H2. The molecule has 2 aromatic rings. The van der Waals surface area contributed by atoms with Crippen molar-refractivity contribution in [2.24, 2.45) is 0 Å². The molecule has 0 atom stereocenters. The van der Waals surface area contributed by atoms with Crippen molar-refractivity contribution in [1.82, 2.24) is 10.2 Å². The van der Waals surface area contributed by atoms with E-state index in [0.29, 0.717) is 0 Å². The van der Waals surface area contributed by atoms with Gasteiger partial charge in [0.25, 0.3) is 0 Å². The van der Waals surface area contributed by atoms with E-state index in [1.807, 2.05) is 0 Å². The lowest BCUT2D eigenvalue weighted by Crippen LogP contribution is -2.44. The minimum atomic E-state index is 1.11. The second-order valence-corrected chi connectivity index (χ2v) is 6.70. The lowest BCUT2D eigenvalue weighted by molar-refractivity contribution is 0.313. The van der Waals surface area contributed by atoms with E-state index in [0.717, 1.165) is 39.3 Å². The molecule has 25 heavy (non-hydrogen) atoms. The topological polar surface area (TPSA) is 21.8 Å². The number of para-hydroxylation sites is 2. The van der Waals surface area contributed by atoms with Gasteiger partial charge < -0.3 is 20.0 Å². The van der Waals surface area contributed by atoms with Crippen LogP contribution in [0.5, 0.6) is 0 Å². The summed E-state index contributed by atoms with van der Waals surface area (Å²) in [4.78, 5) is 7.23. The summed E-state index contributed by atoms with van der Waals surface area (Å²) in [5.41, 5.74) is 2.70. The monoisotopic (exact) mass is 338 g/mol. The SMILES string of the molecule is CN1CCN(c2ccccc2)CC1.c1ccc(N2CCNCC2)cc1. The Bertz CT molecular complexity index is 588. The number of piperazine rings is 2. The minimum Gasteiger partial charge on any atom is -0.369 e. The van der Waals surface area contributed by atoms with Crippen molar-refractivity contribution in [3.8, 4) is 0 Å². The molecule has 0 spiro atoms. The summed E-state index contributed by atoms with van der Waals surface area (Å²) >= 11 is 0. The Hall–Kier alpha value is -2.04. The molecular weight excluding hydrogens is 308 g/mol. The summed E-state index contributed by atoms with van der Waals surface area (Å²) in [7, 11) is 2.18. The van der Waals surface area contributed by atoms with E-state index < -0.39 is 0 Å². The third kappa shape index (κ3) is 5.48. The molecule has 0 unspecified atom stereocenters. The number of anilines is 2. The molecule has 2 heterocycles. The van der Waals surface area contributed by atoms with Gasteiger partial charge in [-0.25, -0.2) is 0 Å². The van der Waals surface area contributed by atoms with Crippen molar-refractivity contribution in [3.05, 3.63) is 60.7 Å². The molecule has 0 radical (unpaired) electrons. The minimum absolute atomic E-state index is 1.11. The van der Waals surface area contributed by atoms with Gasteiger partial charge >= 0.3 is 0 Å². The second-order valence-electron chi connectivity index (χ2n) is 6.70. The van der Waals surface area contributed by atoms with E-state index >= 15 is 0 Å². The molecule has 4 heteroatoms. The van der Waals surface area contributed by atoms with Crippen molar-refractivity contribution < 1.29 is 0 Å². The highest BCUT2D eigenvalue weighted by Crippen LogP contribution is 2.14. The van der Waals surface area contributed by atoms with Crippen LogP contribution in [0.25, 0.3) is 0 Å². The zero-order valence-corrected chi connectivity index (χ0v) is 15.3. The van der Waals surface area contributed by atoms with Crippen LogP contribution in [-0.4, -0.2) is 64.3 Å². The second kappa shape index (κ2) is 9.44. The van der Waals surface area contributed by atoms with Crippen LogP contribution >= 0.6 is 0 Å². The number of nitrogens with one attached hydrogen (secondary N) is 1. The van der Waals surface area contributed by atoms with Gasteiger partial charge in [0.2, 0.25) is 0 Å². The quantitative estimate of drug-likeness (QED) is 0.908. The average Bonchev–Trinajstić information content (AvgIpc) is 2.71. The van der Waals surface area contributed by atoms with Gasteiger partial charge in [-0.3, -0.25) is 0 Å². The zero-order valence-electron chi connectivity index (χ0n) is 15.3. The molecule has 4 nitrogen and oxygen atoms in total. The molecule has 0 bridgehead atoms. The summed E-state index contributed by atoms with van der Waals surface area (Å²) in [5, 5.41) is 3.34. The van der Waals surface area contributed by atoms with Gasteiger partial charge in [-0.2, -0.15) is 0 Å². The molecule has 134 valence electrons. The van der Waals surface area contributed by atoms with Crippen LogP contribution in [0.4, 0.5) is 11.4 Å². The van der Waals surface area contributed by atoms with Crippen LogP contribution in [0.2, 0.25) is 0 Å². The fourth-order valence-corrected chi connectivity index (χ4v) is 3.27. The van der Waals surface area contributed by atoms with E-state index in [2.05, 4.69) is 87.7 Å². The smallest absolute Gasteiger partial charge is 0.0367 e. The molecular formula is C21H30N4. The van der Waals surface area contributed by atoms with Gasteiger partial charge in [0.1, 0.15) is 0 Å². The number of rotatable bonds is 2. The fraction of sp³-hybridized carbons (Fsp3) is 0.429.